The first-order valence-electron chi connectivity index (χ1n) is 10.8. The average Bonchev–Trinajstić information content (AvgIpc) is 2.60. The van der Waals surface area contributed by atoms with Crippen molar-refractivity contribution in [3.63, 3.8) is 0 Å². The Morgan fingerprint density at radius 3 is 1.24 bits per heavy atom. The predicted octanol–water partition coefficient (Wildman–Crippen LogP) is 4.67. The Morgan fingerprint density at radius 1 is 0.600 bits per heavy atom. The fourth-order valence-electron chi connectivity index (χ4n) is 3.25. The molecule has 0 saturated carbocycles. The largest absolute Gasteiger partial charge is 0.393 e. The van der Waals surface area contributed by atoms with Gasteiger partial charge in [-0.1, -0.05) is 103 Å². The van der Waals surface area contributed by atoms with E-state index in [4.69, 9.17) is 5.11 Å². The van der Waals surface area contributed by atoms with Gasteiger partial charge in [-0.15, -0.1) is 0 Å². The maximum Gasteiger partial charge on any atom is 0.191 e. The van der Waals surface area contributed by atoms with E-state index >= 15 is 0 Å². The SMILES string of the molecule is CCCCCCCCCCCCCCCCCCC(O)(O)C(O)CO. The van der Waals surface area contributed by atoms with Gasteiger partial charge in [0.1, 0.15) is 6.10 Å². The first-order chi connectivity index (χ1) is 12.0. The summed E-state index contributed by atoms with van der Waals surface area (Å²) in [5, 5.41) is 37.1. The second-order valence-corrected chi connectivity index (χ2v) is 7.63. The highest BCUT2D eigenvalue weighted by atomic mass is 16.5. The van der Waals surface area contributed by atoms with E-state index in [-0.39, 0.29) is 6.42 Å². The van der Waals surface area contributed by atoms with E-state index < -0.39 is 18.5 Å². The van der Waals surface area contributed by atoms with E-state index in [1.165, 1.54) is 83.5 Å². The molecule has 0 saturated heterocycles. The molecule has 0 heterocycles. The smallest absolute Gasteiger partial charge is 0.191 e. The van der Waals surface area contributed by atoms with Crippen LogP contribution in [0.3, 0.4) is 0 Å². The van der Waals surface area contributed by atoms with Crippen LogP contribution < -0.4 is 0 Å². The zero-order valence-electron chi connectivity index (χ0n) is 16.6. The lowest BCUT2D eigenvalue weighted by atomic mass is 10.0. The molecule has 0 aromatic rings. The third-order valence-electron chi connectivity index (χ3n) is 5.10. The maximum absolute atomic E-state index is 9.54. The summed E-state index contributed by atoms with van der Waals surface area (Å²) in [7, 11) is 0. The zero-order valence-corrected chi connectivity index (χ0v) is 16.6. The van der Waals surface area contributed by atoms with Crippen molar-refractivity contribution in [3.05, 3.63) is 0 Å². The molecular weight excluding hydrogens is 316 g/mol. The molecule has 4 N–H and O–H groups in total. The van der Waals surface area contributed by atoms with Gasteiger partial charge in [0.2, 0.25) is 0 Å². The van der Waals surface area contributed by atoms with Crippen LogP contribution in [0.1, 0.15) is 116 Å². The number of aliphatic hydroxyl groups is 4. The molecule has 0 aliphatic rings. The van der Waals surface area contributed by atoms with Crippen molar-refractivity contribution in [2.24, 2.45) is 0 Å². The van der Waals surface area contributed by atoms with Gasteiger partial charge >= 0.3 is 0 Å². The molecule has 0 aliphatic carbocycles. The Bertz CT molecular complexity index is 269. The highest BCUT2D eigenvalue weighted by molar-refractivity contribution is 4.73. The molecule has 4 nitrogen and oxygen atoms in total. The quantitative estimate of drug-likeness (QED) is 0.199. The highest BCUT2D eigenvalue weighted by Gasteiger charge is 2.31. The van der Waals surface area contributed by atoms with Crippen LogP contribution in [0.5, 0.6) is 0 Å². The summed E-state index contributed by atoms with van der Waals surface area (Å²) in [5.41, 5.74) is 0. The van der Waals surface area contributed by atoms with Crippen molar-refractivity contribution in [2.45, 2.75) is 128 Å². The van der Waals surface area contributed by atoms with Crippen molar-refractivity contribution in [1.82, 2.24) is 0 Å². The maximum atomic E-state index is 9.54. The van der Waals surface area contributed by atoms with E-state index in [9.17, 15) is 15.3 Å². The van der Waals surface area contributed by atoms with Crippen LogP contribution in [-0.4, -0.2) is 38.9 Å². The molecule has 0 bridgehead atoms. The Hall–Kier alpha value is -0.160. The van der Waals surface area contributed by atoms with Gasteiger partial charge in [0.05, 0.1) is 6.61 Å². The molecule has 0 aromatic heterocycles. The number of unbranched alkanes of at least 4 members (excludes halogenated alkanes) is 15. The van der Waals surface area contributed by atoms with Crippen LogP contribution in [0.2, 0.25) is 0 Å². The predicted molar refractivity (Wildman–Crippen MR) is 104 cm³/mol. The van der Waals surface area contributed by atoms with Gasteiger partial charge in [0, 0.05) is 6.42 Å². The van der Waals surface area contributed by atoms with Crippen molar-refractivity contribution < 1.29 is 20.4 Å². The molecule has 4 heteroatoms. The van der Waals surface area contributed by atoms with E-state index in [0.717, 1.165) is 12.8 Å². The minimum Gasteiger partial charge on any atom is -0.393 e. The van der Waals surface area contributed by atoms with Gasteiger partial charge in [-0.25, -0.2) is 0 Å². The summed E-state index contributed by atoms with van der Waals surface area (Å²) >= 11 is 0. The summed E-state index contributed by atoms with van der Waals surface area (Å²) in [6.45, 7) is 1.64. The first kappa shape index (κ1) is 24.8. The number of aliphatic hydroxyl groups excluding tert-OH is 2. The summed E-state index contributed by atoms with van der Waals surface area (Å²) in [5.74, 6) is -2.15. The van der Waals surface area contributed by atoms with Gasteiger partial charge in [-0.05, 0) is 6.42 Å². The molecule has 0 aliphatic heterocycles. The van der Waals surface area contributed by atoms with E-state index in [2.05, 4.69) is 6.92 Å². The third kappa shape index (κ3) is 15.8. The van der Waals surface area contributed by atoms with Crippen molar-refractivity contribution >= 4 is 0 Å². The highest BCUT2D eigenvalue weighted by Crippen LogP contribution is 2.18. The number of hydrogen-bond donors (Lipinski definition) is 4. The second kappa shape index (κ2) is 17.3. The van der Waals surface area contributed by atoms with Gasteiger partial charge in [-0.2, -0.15) is 0 Å². The molecule has 0 amide bonds. The van der Waals surface area contributed by atoms with E-state index in [1.54, 1.807) is 0 Å². The summed E-state index contributed by atoms with van der Waals surface area (Å²) in [6, 6.07) is 0. The Balaban J connectivity index is 3.19. The lowest BCUT2D eigenvalue weighted by molar-refractivity contribution is -0.236. The van der Waals surface area contributed by atoms with Crippen molar-refractivity contribution in [1.29, 1.82) is 0 Å². The van der Waals surface area contributed by atoms with Gasteiger partial charge in [-0.3, -0.25) is 0 Å². The normalized spacial score (nSPS) is 13.3. The standard InChI is InChI=1S/C21H44O4/c1-2-3-4-5-6-7-8-9-10-11-12-13-14-15-16-17-18-21(24,25)20(23)19-22/h20,22-25H,2-19H2,1H3. The summed E-state index contributed by atoms with van der Waals surface area (Å²) in [6.07, 6.45) is 19.0. The molecule has 0 radical (unpaired) electrons. The zero-order chi connectivity index (χ0) is 18.8. The molecule has 25 heavy (non-hydrogen) atoms. The molecule has 1 atom stereocenters. The number of rotatable bonds is 19. The molecule has 0 spiro atoms. The minimum absolute atomic E-state index is 0.118. The summed E-state index contributed by atoms with van der Waals surface area (Å²) < 4.78 is 0. The Kier molecular flexibility index (Phi) is 17.2. The molecule has 152 valence electrons. The Morgan fingerprint density at radius 2 is 0.920 bits per heavy atom. The fourth-order valence-corrected chi connectivity index (χ4v) is 3.25. The lowest BCUT2D eigenvalue weighted by Gasteiger charge is -2.25. The van der Waals surface area contributed by atoms with E-state index in [1.807, 2.05) is 0 Å². The Labute approximate surface area is 155 Å². The van der Waals surface area contributed by atoms with Crippen LogP contribution in [0.25, 0.3) is 0 Å². The van der Waals surface area contributed by atoms with Crippen LogP contribution >= 0.6 is 0 Å². The van der Waals surface area contributed by atoms with Gasteiger partial charge < -0.3 is 20.4 Å². The second-order valence-electron chi connectivity index (χ2n) is 7.63. The molecule has 0 rings (SSSR count). The van der Waals surface area contributed by atoms with Crippen LogP contribution in [0.15, 0.2) is 0 Å². The van der Waals surface area contributed by atoms with Crippen LogP contribution in [0, 0.1) is 0 Å². The van der Waals surface area contributed by atoms with Crippen molar-refractivity contribution in [2.75, 3.05) is 6.61 Å². The summed E-state index contributed by atoms with van der Waals surface area (Å²) in [4.78, 5) is 0. The molecule has 1 unspecified atom stereocenters. The lowest BCUT2D eigenvalue weighted by Crippen LogP contribution is -2.44. The average molecular weight is 361 g/mol. The number of hydrogen-bond acceptors (Lipinski definition) is 4. The van der Waals surface area contributed by atoms with Crippen molar-refractivity contribution in [3.8, 4) is 0 Å². The minimum atomic E-state index is -2.15. The van der Waals surface area contributed by atoms with E-state index in [0.29, 0.717) is 6.42 Å². The van der Waals surface area contributed by atoms with Gasteiger partial charge in [0.15, 0.2) is 5.79 Å². The first-order valence-corrected chi connectivity index (χ1v) is 10.8. The van der Waals surface area contributed by atoms with Crippen LogP contribution in [0.4, 0.5) is 0 Å². The monoisotopic (exact) mass is 360 g/mol. The van der Waals surface area contributed by atoms with Gasteiger partial charge in [0.25, 0.3) is 0 Å². The molecular formula is C21H44O4. The third-order valence-corrected chi connectivity index (χ3v) is 5.10. The topological polar surface area (TPSA) is 80.9 Å². The molecule has 0 fully saturated rings. The van der Waals surface area contributed by atoms with Crippen LogP contribution in [-0.2, 0) is 0 Å². The fraction of sp³-hybridized carbons (Fsp3) is 1.00. The molecule has 0 aromatic carbocycles.